The van der Waals surface area contributed by atoms with Crippen molar-refractivity contribution >= 4 is 6.09 Å². The normalized spacial score (nSPS) is 30.9. The first kappa shape index (κ1) is 13.3. The Kier molecular flexibility index (Phi) is 3.87. The average molecular weight is 227 g/mol. The average Bonchev–Trinajstić information content (AvgIpc) is 2.06. The van der Waals surface area contributed by atoms with E-state index in [0.717, 1.165) is 6.42 Å². The van der Waals surface area contributed by atoms with Gasteiger partial charge in [-0.25, -0.2) is 4.79 Å². The highest BCUT2D eigenvalue weighted by molar-refractivity contribution is 5.68. The van der Waals surface area contributed by atoms with E-state index in [0.29, 0.717) is 5.92 Å². The fraction of sp³-hybridized carbons (Fsp3) is 0.923. The van der Waals surface area contributed by atoms with Gasteiger partial charge in [0.05, 0.1) is 0 Å². The zero-order valence-electron chi connectivity index (χ0n) is 11.2. The molecule has 3 nitrogen and oxygen atoms in total. The summed E-state index contributed by atoms with van der Waals surface area (Å²) < 4.78 is 5.30. The molecule has 1 rings (SSSR count). The summed E-state index contributed by atoms with van der Waals surface area (Å²) in [5.41, 5.74) is -0.515. The van der Waals surface area contributed by atoms with E-state index in [1.807, 2.05) is 20.8 Å². The van der Waals surface area contributed by atoms with Crippen LogP contribution in [-0.2, 0) is 4.74 Å². The van der Waals surface area contributed by atoms with Crippen LogP contribution in [0.25, 0.3) is 0 Å². The standard InChI is InChI=1S/C13H25NO2/c1-10-8-6-7-9-13(10,5)14-11(15)16-12(2,3)4/h10H,6-9H2,1-5H3,(H,14,15). The Morgan fingerprint density at radius 2 is 2.00 bits per heavy atom. The van der Waals surface area contributed by atoms with Gasteiger partial charge in [-0.2, -0.15) is 0 Å². The van der Waals surface area contributed by atoms with Crippen LogP contribution in [-0.4, -0.2) is 17.2 Å². The molecule has 1 aliphatic carbocycles. The van der Waals surface area contributed by atoms with Gasteiger partial charge >= 0.3 is 6.09 Å². The zero-order chi connectivity index (χ0) is 12.4. The van der Waals surface area contributed by atoms with Crippen molar-refractivity contribution in [2.45, 2.75) is 71.4 Å². The SMILES string of the molecule is CC1CCCCC1(C)NC(=O)OC(C)(C)C. The Hall–Kier alpha value is -0.730. The van der Waals surface area contributed by atoms with Crippen LogP contribution >= 0.6 is 0 Å². The lowest BCUT2D eigenvalue weighted by molar-refractivity contribution is 0.0389. The number of amides is 1. The highest BCUT2D eigenvalue weighted by Gasteiger charge is 2.36. The van der Waals surface area contributed by atoms with Gasteiger partial charge in [0.25, 0.3) is 0 Å². The van der Waals surface area contributed by atoms with Crippen molar-refractivity contribution < 1.29 is 9.53 Å². The van der Waals surface area contributed by atoms with Gasteiger partial charge in [0, 0.05) is 5.54 Å². The fourth-order valence-corrected chi connectivity index (χ4v) is 2.23. The van der Waals surface area contributed by atoms with Gasteiger partial charge < -0.3 is 10.1 Å². The number of hydrogen-bond acceptors (Lipinski definition) is 2. The van der Waals surface area contributed by atoms with Gasteiger partial charge in [0.15, 0.2) is 0 Å². The van der Waals surface area contributed by atoms with Crippen LogP contribution in [0.4, 0.5) is 4.79 Å². The molecule has 1 fully saturated rings. The van der Waals surface area contributed by atoms with E-state index >= 15 is 0 Å². The first-order valence-corrected chi connectivity index (χ1v) is 6.24. The molecule has 0 saturated heterocycles. The van der Waals surface area contributed by atoms with Crippen molar-refractivity contribution in [2.24, 2.45) is 5.92 Å². The van der Waals surface area contributed by atoms with Gasteiger partial charge in [-0.15, -0.1) is 0 Å². The minimum absolute atomic E-state index is 0.0966. The first-order valence-electron chi connectivity index (χ1n) is 6.24. The van der Waals surface area contributed by atoms with E-state index in [4.69, 9.17) is 4.74 Å². The Bertz CT molecular complexity index is 257. The molecule has 0 aromatic rings. The Morgan fingerprint density at radius 1 is 1.38 bits per heavy atom. The third kappa shape index (κ3) is 3.69. The van der Waals surface area contributed by atoms with Crippen LogP contribution in [0.2, 0.25) is 0 Å². The van der Waals surface area contributed by atoms with Crippen LogP contribution in [0, 0.1) is 5.92 Å². The van der Waals surface area contributed by atoms with E-state index in [2.05, 4.69) is 19.2 Å². The van der Waals surface area contributed by atoms with Crippen LogP contribution < -0.4 is 5.32 Å². The molecule has 1 aliphatic rings. The second kappa shape index (κ2) is 4.64. The van der Waals surface area contributed by atoms with Crippen LogP contribution in [0.15, 0.2) is 0 Å². The summed E-state index contributed by atoms with van der Waals surface area (Å²) in [5, 5.41) is 3.04. The van der Waals surface area contributed by atoms with E-state index in [9.17, 15) is 4.79 Å². The number of carbonyl (C=O) groups excluding carboxylic acids is 1. The fourth-order valence-electron chi connectivity index (χ4n) is 2.23. The lowest BCUT2D eigenvalue weighted by Gasteiger charge is -2.40. The topological polar surface area (TPSA) is 38.3 Å². The molecule has 2 atom stereocenters. The first-order chi connectivity index (χ1) is 7.23. The van der Waals surface area contributed by atoms with Crippen molar-refractivity contribution in [3.63, 3.8) is 0 Å². The lowest BCUT2D eigenvalue weighted by atomic mass is 9.75. The zero-order valence-corrected chi connectivity index (χ0v) is 11.2. The second-order valence-electron chi connectivity index (χ2n) is 6.19. The third-order valence-electron chi connectivity index (χ3n) is 3.46. The molecule has 1 saturated carbocycles. The second-order valence-corrected chi connectivity index (χ2v) is 6.19. The van der Waals surface area contributed by atoms with Crippen molar-refractivity contribution in [3.05, 3.63) is 0 Å². The molecule has 0 bridgehead atoms. The highest BCUT2D eigenvalue weighted by Crippen LogP contribution is 2.33. The summed E-state index contributed by atoms with van der Waals surface area (Å²) in [6.45, 7) is 9.99. The Labute approximate surface area is 98.9 Å². The van der Waals surface area contributed by atoms with Crippen molar-refractivity contribution in [3.8, 4) is 0 Å². The van der Waals surface area contributed by atoms with Gasteiger partial charge in [0.1, 0.15) is 5.60 Å². The molecular formula is C13H25NO2. The van der Waals surface area contributed by atoms with Crippen LogP contribution in [0.3, 0.4) is 0 Å². The molecule has 0 aliphatic heterocycles. The number of alkyl carbamates (subject to hydrolysis) is 1. The minimum Gasteiger partial charge on any atom is -0.444 e. The Morgan fingerprint density at radius 3 is 2.50 bits per heavy atom. The summed E-state index contributed by atoms with van der Waals surface area (Å²) in [7, 11) is 0. The quantitative estimate of drug-likeness (QED) is 0.744. The Balaban J connectivity index is 2.54. The van der Waals surface area contributed by atoms with Gasteiger partial charge in [0.2, 0.25) is 0 Å². The third-order valence-corrected chi connectivity index (χ3v) is 3.46. The summed E-state index contributed by atoms with van der Waals surface area (Å²) in [6.07, 6.45) is 4.41. The summed E-state index contributed by atoms with van der Waals surface area (Å²) >= 11 is 0. The molecule has 1 amide bonds. The molecule has 1 N–H and O–H groups in total. The summed E-state index contributed by atoms with van der Waals surface area (Å²) in [5.74, 6) is 0.522. The van der Waals surface area contributed by atoms with E-state index in [1.165, 1.54) is 19.3 Å². The predicted octanol–water partition coefficient (Wildman–Crippen LogP) is 3.48. The van der Waals surface area contributed by atoms with E-state index < -0.39 is 5.60 Å². The molecule has 3 heteroatoms. The molecule has 0 radical (unpaired) electrons. The van der Waals surface area contributed by atoms with Crippen molar-refractivity contribution in [2.75, 3.05) is 0 Å². The van der Waals surface area contributed by atoms with Crippen molar-refractivity contribution in [1.29, 1.82) is 0 Å². The molecule has 2 unspecified atom stereocenters. The summed E-state index contributed by atoms with van der Waals surface area (Å²) in [4.78, 5) is 11.7. The molecule has 0 aromatic carbocycles. The highest BCUT2D eigenvalue weighted by atomic mass is 16.6. The van der Waals surface area contributed by atoms with Crippen molar-refractivity contribution in [1.82, 2.24) is 5.32 Å². The maximum atomic E-state index is 11.7. The molecule has 0 spiro atoms. The largest absolute Gasteiger partial charge is 0.444 e. The van der Waals surface area contributed by atoms with Gasteiger partial charge in [-0.1, -0.05) is 19.8 Å². The maximum absolute atomic E-state index is 11.7. The smallest absolute Gasteiger partial charge is 0.408 e. The maximum Gasteiger partial charge on any atom is 0.408 e. The monoisotopic (exact) mass is 227 g/mol. The number of nitrogens with one attached hydrogen (secondary N) is 1. The number of ether oxygens (including phenoxy) is 1. The molecule has 94 valence electrons. The van der Waals surface area contributed by atoms with Gasteiger partial charge in [-0.05, 0) is 46.5 Å². The van der Waals surface area contributed by atoms with E-state index in [1.54, 1.807) is 0 Å². The predicted molar refractivity (Wildman–Crippen MR) is 65.4 cm³/mol. The lowest BCUT2D eigenvalue weighted by Crippen LogP contribution is -2.53. The number of rotatable bonds is 1. The number of carbonyl (C=O) groups is 1. The van der Waals surface area contributed by atoms with Crippen LogP contribution in [0.5, 0.6) is 0 Å². The molecule has 0 aromatic heterocycles. The van der Waals surface area contributed by atoms with E-state index in [-0.39, 0.29) is 11.6 Å². The minimum atomic E-state index is -0.418. The summed E-state index contributed by atoms with van der Waals surface area (Å²) in [6, 6.07) is 0. The molecule has 0 heterocycles. The van der Waals surface area contributed by atoms with Crippen LogP contribution in [0.1, 0.15) is 60.3 Å². The molecular weight excluding hydrogens is 202 g/mol. The van der Waals surface area contributed by atoms with Gasteiger partial charge in [-0.3, -0.25) is 0 Å². The number of hydrogen-bond donors (Lipinski definition) is 1. The molecule has 16 heavy (non-hydrogen) atoms.